The predicted molar refractivity (Wildman–Crippen MR) is 77.1 cm³/mol. The Labute approximate surface area is 116 Å². The van der Waals surface area contributed by atoms with Crippen LogP contribution in [0.5, 0.6) is 0 Å². The molecule has 0 radical (unpaired) electrons. The fraction of sp³-hybridized carbons (Fsp3) is 0.0769. The van der Waals surface area contributed by atoms with Crippen molar-refractivity contribution in [2.45, 2.75) is 0 Å². The van der Waals surface area contributed by atoms with Gasteiger partial charge in [-0.15, -0.1) is 0 Å². The number of carbonyl (C=O) groups excluding carboxylic acids is 1. The molecule has 0 aliphatic heterocycles. The minimum Gasteiger partial charge on any atom is -0.321 e. The molecule has 0 spiro atoms. The average molecular weight is 291 g/mol. The van der Waals surface area contributed by atoms with Crippen LogP contribution in [0.4, 0.5) is 11.4 Å². The molecule has 1 amide bonds. The Morgan fingerprint density at radius 3 is 2.25 bits per heavy atom. The average Bonchev–Trinajstić information content (AvgIpc) is 2.40. The van der Waals surface area contributed by atoms with Gasteiger partial charge in [0.2, 0.25) is 10.0 Å². The lowest BCUT2D eigenvalue weighted by molar-refractivity contribution is 0.102. The van der Waals surface area contributed by atoms with Gasteiger partial charge in [0.15, 0.2) is 0 Å². The Morgan fingerprint density at radius 2 is 1.70 bits per heavy atom. The van der Waals surface area contributed by atoms with E-state index in [4.69, 9.17) is 0 Å². The van der Waals surface area contributed by atoms with Gasteiger partial charge in [-0.1, -0.05) is 6.07 Å². The molecule has 104 valence electrons. The van der Waals surface area contributed by atoms with Crippen molar-refractivity contribution in [3.05, 3.63) is 54.4 Å². The van der Waals surface area contributed by atoms with E-state index < -0.39 is 10.0 Å². The van der Waals surface area contributed by atoms with Gasteiger partial charge in [-0.05, 0) is 36.4 Å². The van der Waals surface area contributed by atoms with Crippen LogP contribution in [0.3, 0.4) is 0 Å². The van der Waals surface area contributed by atoms with Crippen LogP contribution in [-0.2, 0) is 10.0 Å². The molecule has 2 aromatic rings. The maximum absolute atomic E-state index is 11.8. The Kier molecular flexibility index (Phi) is 3.99. The zero-order chi connectivity index (χ0) is 14.6. The number of hydrogen-bond donors (Lipinski definition) is 2. The summed E-state index contributed by atoms with van der Waals surface area (Å²) in [5, 5.41) is 2.67. The molecule has 20 heavy (non-hydrogen) atoms. The molecule has 0 saturated heterocycles. The van der Waals surface area contributed by atoms with Crippen molar-refractivity contribution >= 4 is 27.3 Å². The van der Waals surface area contributed by atoms with Gasteiger partial charge >= 0.3 is 0 Å². The van der Waals surface area contributed by atoms with E-state index in [1.165, 1.54) is 6.20 Å². The number of pyridine rings is 1. The lowest BCUT2D eigenvalue weighted by atomic mass is 10.2. The highest BCUT2D eigenvalue weighted by Gasteiger charge is 2.07. The lowest BCUT2D eigenvalue weighted by Crippen LogP contribution is -2.13. The van der Waals surface area contributed by atoms with E-state index in [0.29, 0.717) is 17.1 Å². The van der Waals surface area contributed by atoms with E-state index in [-0.39, 0.29) is 5.91 Å². The van der Waals surface area contributed by atoms with Gasteiger partial charge in [0.05, 0.1) is 6.26 Å². The summed E-state index contributed by atoms with van der Waals surface area (Å²) in [7, 11) is -3.30. The second-order valence-corrected chi connectivity index (χ2v) is 5.87. The van der Waals surface area contributed by atoms with Gasteiger partial charge in [0.1, 0.15) is 5.69 Å². The molecule has 0 aliphatic rings. The number of rotatable bonds is 4. The van der Waals surface area contributed by atoms with Gasteiger partial charge < -0.3 is 5.32 Å². The van der Waals surface area contributed by atoms with Crippen molar-refractivity contribution in [2.75, 3.05) is 16.3 Å². The number of benzene rings is 1. The van der Waals surface area contributed by atoms with Crippen LogP contribution in [0.1, 0.15) is 10.5 Å². The Morgan fingerprint density at radius 1 is 1.05 bits per heavy atom. The van der Waals surface area contributed by atoms with Gasteiger partial charge in [-0.3, -0.25) is 14.5 Å². The number of nitrogens with one attached hydrogen (secondary N) is 2. The second-order valence-electron chi connectivity index (χ2n) is 4.12. The third-order valence-electron chi connectivity index (χ3n) is 2.34. The molecule has 1 heterocycles. The zero-order valence-electron chi connectivity index (χ0n) is 10.7. The lowest BCUT2D eigenvalue weighted by Gasteiger charge is -2.07. The normalized spacial score (nSPS) is 10.8. The molecule has 1 aromatic carbocycles. The number of nitrogens with zero attached hydrogens (tertiary/aromatic N) is 1. The highest BCUT2D eigenvalue weighted by molar-refractivity contribution is 7.92. The molecule has 0 fully saturated rings. The smallest absolute Gasteiger partial charge is 0.274 e. The summed E-state index contributed by atoms with van der Waals surface area (Å²) >= 11 is 0. The van der Waals surface area contributed by atoms with Crippen molar-refractivity contribution in [3.63, 3.8) is 0 Å². The number of sulfonamides is 1. The van der Waals surface area contributed by atoms with Gasteiger partial charge in [0, 0.05) is 17.6 Å². The first kappa shape index (κ1) is 14.0. The summed E-state index contributed by atoms with van der Waals surface area (Å²) in [4.78, 5) is 15.8. The van der Waals surface area contributed by atoms with E-state index in [9.17, 15) is 13.2 Å². The molecule has 2 N–H and O–H groups in total. The third kappa shape index (κ3) is 4.06. The molecule has 0 atom stereocenters. The molecule has 2 rings (SSSR count). The van der Waals surface area contributed by atoms with Crippen LogP contribution in [0, 0.1) is 0 Å². The van der Waals surface area contributed by atoms with E-state index in [0.717, 1.165) is 6.26 Å². The third-order valence-corrected chi connectivity index (χ3v) is 2.95. The van der Waals surface area contributed by atoms with Gasteiger partial charge in [0.25, 0.3) is 5.91 Å². The minimum absolute atomic E-state index is 0.311. The highest BCUT2D eigenvalue weighted by Crippen LogP contribution is 2.15. The van der Waals surface area contributed by atoms with E-state index in [1.54, 1.807) is 42.5 Å². The van der Waals surface area contributed by atoms with Crippen LogP contribution in [0.2, 0.25) is 0 Å². The van der Waals surface area contributed by atoms with Gasteiger partial charge in [-0.25, -0.2) is 8.42 Å². The number of hydrogen-bond acceptors (Lipinski definition) is 4. The summed E-state index contributed by atoms with van der Waals surface area (Å²) in [6.07, 6.45) is 2.61. The Bertz CT molecular complexity index is 697. The summed E-state index contributed by atoms with van der Waals surface area (Å²) in [5.41, 5.74) is 1.30. The summed E-state index contributed by atoms with van der Waals surface area (Å²) < 4.78 is 24.5. The maximum atomic E-state index is 11.8. The van der Waals surface area contributed by atoms with Crippen LogP contribution in [0.15, 0.2) is 48.7 Å². The molecule has 0 unspecified atom stereocenters. The van der Waals surface area contributed by atoms with E-state index >= 15 is 0 Å². The van der Waals surface area contributed by atoms with E-state index in [2.05, 4.69) is 15.0 Å². The molecular formula is C13H13N3O3S. The minimum atomic E-state index is -3.30. The molecule has 6 nitrogen and oxygen atoms in total. The van der Waals surface area contributed by atoms with Crippen LogP contribution in [-0.4, -0.2) is 25.6 Å². The second kappa shape index (κ2) is 5.70. The van der Waals surface area contributed by atoms with Crippen molar-refractivity contribution in [1.82, 2.24) is 4.98 Å². The van der Waals surface area contributed by atoms with Gasteiger partial charge in [-0.2, -0.15) is 0 Å². The van der Waals surface area contributed by atoms with E-state index in [1.807, 2.05) is 0 Å². The summed E-state index contributed by atoms with van der Waals surface area (Å²) in [6, 6.07) is 11.4. The fourth-order valence-corrected chi connectivity index (χ4v) is 2.09. The summed E-state index contributed by atoms with van der Waals surface area (Å²) in [6.45, 7) is 0. The predicted octanol–water partition coefficient (Wildman–Crippen LogP) is 1.71. The van der Waals surface area contributed by atoms with Crippen molar-refractivity contribution in [2.24, 2.45) is 0 Å². The number of amides is 1. The highest BCUT2D eigenvalue weighted by atomic mass is 32.2. The Balaban J connectivity index is 2.06. The standard InChI is InChI=1S/C13H13N3O3S/c1-20(18,19)16-11-7-5-10(6-8-11)15-13(17)12-4-2-3-9-14-12/h2-9,16H,1H3,(H,15,17). The molecular weight excluding hydrogens is 278 g/mol. The fourth-order valence-electron chi connectivity index (χ4n) is 1.53. The topological polar surface area (TPSA) is 88.2 Å². The maximum Gasteiger partial charge on any atom is 0.274 e. The van der Waals surface area contributed by atoms with Crippen LogP contribution < -0.4 is 10.0 Å². The zero-order valence-corrected chi connectivity index (χ0v) is 11.5. The molecule has 1 aromatic heterocycles. The van der Waals surface area contributed by atoms with Crippen LogP contribution in [0.25, 0.3) is 0 Å². The number of aromatic nitrogens is 1. The monoisotopic (exact) mass is 291 g/mol. The molecule has 0 aliphatic carbocycles. The molecule has 0 saturated carbocycles. The number of anilines is 2. The van der Waals surface area contributed by atoms with Crippen molar-refractivity contribution in [3.8, 4) is 0 Å². The van der Waals surface area contributed by atoms with Crippen LogP contribution >= 0.6 is 0 Å². The molecule has 0 bridgehead atoms. The number of carbonyl (C=O) groups is 1. The first-order chi connectivity index (χ1) is 9.44. The summed E-state index contributed by atoms with van der Waals surface area (Å²) in [5.74, 6) is -0.325. The SMILES string of the molecule is CS(=O)(=O)Nc1ccc(NC(=O)c2ccccn2)cc1. The molecule has 7 heteroatoms. The van der Waals surface area contributed by atoms with Crippen molar-refractivity contribution < 1.29 is 13.2 Å². The quantitative estimate of drug-likeness (QED) is 0.897. The first-order valence-corrected chi connectivity index (χ1v) is 7.63. The Hall–Kier alpha value is -2.41. The van der Waals surface area contributed by atoms with Crippen molar-refractivity contribution in [1.29, 1.82) is 0 Å². The largest absolute Gasteiger partial charge is 0.321 e. The first-order valence-electron chi connectivity index (χ1n) is 5.74.